The summed E-state index contributed by atoms with van der Waals surface area (Å²) in [5, 5.41) is 28.9. The second-order valence-electron chi connectivity index (χ2n) is 14.1. The summed E-state index contributed by atoms with van der Waals surface area (Å²) < 4.78 is 0. The molecule has 0 fully saturated rings. The van der Waals surface area contributed by atoms with Crippen molar-refractivity contribution < 1.29 is 24.9 Å². The van der Waals surface area contributed by atoms with Gasteiger partial charge in [0.1, 0.15) is 18.0 Å². The quantitative estimate of drug-likeness (QED) is 0.0459. The van der Waals surface area contributed by atoms with Gasteiger partial charge < -0.3 is 15.3 Å². The first-order valence-corrected chi connectivity index (χ1v) is 20.1. The standard InChI is InChI=1S/C41H78O5/c1-3-5-7-9-11-13-15-17-18-19-20-22-24-26-28-30-32-34-38(43)37(35-39(44)41(46)40(45)36-42)33-31-29-27-25-23-21-16-14-12-10-8-6-4-2/h21,23,37,40-42,45-46H,3-20,22,24-36H2,1-2H3/b23-21-. The van der Waals surface area contributed by atoms with E-state index in [1.165, 1.54) is 128 Å². The minimum atomic E-state index is -1.63. The molecule has 0 spiro atoms. The molecule has 0 aliphatic rings. The summed E-state index contributed by atoms with van der Waals surface area (Å²) in [6.45, 7) is 3.85. The third-order valence-corrected chi connectivity index (χ3v) is 9.63. The van der Waals surface area contributed by atoms with Crippen molar-refractivity contribution in [3.8, 4) is 0 Å². The molecule has 46 heavy (non-hydrogen) atoms. The van der Waals surface area contributed by atoms with Crippen LogP contribution in [0.25, 0.3) is 0 Å². The molecule has 0 saturated carbocycles. The molecule has 3 unspecified atom stereocenters. The monoisotopic (exact) mass is 651 g/mol. The molecular formula is C41H78O5. The first-order chi connectivity index (χ1) is 22.5. The average molecular weight is 651 g/mol. The Morgan fingerprint density at radius 3 is 1.28 bits per heavy atom. The summed E-state index contributed by atoms with van der Waals surface area (Å²) in [5.41, 5.74) is 0. The largest absolute Gasteiger partial charge is 0.394 e. The molecule has 0 rings (SSSR count). The lowest BCUT2D eigenvalue weighted by Gasteiger charge is -2.19. The van der Waals surface area contributed by atoms with Crippen LogP contribution >= 0.6 is 0 Å². The molecule has 0 saturated heterocycles. The minimum absolute atomic E-state index is 0.0474. The number of Topliss-reactive ketones (excluding diaryl/α,β-unsaturated/α-hetero) is 2. The van der Waals surface area contributed by atoms with Crippen LogP contribution in [-0.2, 0) is 9.59 Å². The maximum absolute atomic E-state index is 13.1. The second-order valence-corrected chi connectivity index (χ2v) is 14.1. The molecule has 0 aliphatic heterocycles. The summed E-state index contributed by atoms with van der Waals surface area (Å²) in [6.07, 6.45) is 37.8. The van der Waals surface area contributed by atoms with Crippen molar-refractivity contribution in [2.24, 2.45) is 5.92 Å². The Kier molecular flexibility index (Phi) is 34.5. The number of carbonyl (C=O) groups excluding carboxylic acids is 2. The molecule has 5 heteroatoms. The first-order valence-electron chi connectivity index (χ1n) is 20.1. The summed E-state index contributed by atoms with van der Waals surface area (Å²) in [6, 6.07) is 0. The van der Waals surface area contributed by atoms with Crippen molar-refractivity contribution >= 4 is 11.6 Å². The van der Waals surface area contributed by atoms with Crippen molar-refractivity contribution in [3.05, 3.63) is 12.2 Å². The van der Waals surface area contributed by atoms with E-state index in [1.807, 2.05) is 0 Å². The Morgan fingerprint density at radius 2 is 0.870 bits per heavy atom. The second kappa shape index (κ2) is 35.3. The van der Waals surface area contributed by atoms with Gasteiger partial charge in [0.05, 0.1) is 6.61 Å². The van der Waals surface area contributed by atoms with E-state index in [0.717, 1.165) is 51.4 Å². The summed E-state index contributed by atoms with van der Waals surface area (Å²) in [7, 11) is 0. The highest BCUT2D eigenvalue weighted by molar-refractivity contribution is 5.90. The van der Waals surface area contributed by atoms with Crippen molar-refractivity contribution in [1.82, 2.24) is 0 Å². The molecule has 0 aromatic heterocycles. The molecule has 272 valence electrons. The van der Waals surface area contributed by atoms with Crippen LogP contribution in [0.15, 0.2) is 12.2 Å². The van der Waals surface area contributed by atoms with Crippen molar-refractivity contribution in [3.63, 3.8) is 0 Å². The molecule has 0 aliphatic carbocycles. The van der Waals surface area contributed by atoms with E-state index in [2.05, 4.69) is 26.0 Å². The topological polar surface area (TPSA) is 94.8 Å². The maximum atomic E-state index is 13.1. The Bertz CT molecular complexity index is 690. The summed E-state index contributed by atoms with van der Waals surface area (Å²) in [5.74, 6) is -0.837. The van der Waals surface area contributed by atoms with E-state index >= 15 is 0 Å². The smallest absolute Gasteiger partial charge is 0.164 e. The van der Waals surface area contributed by atoms with Gasteiger partial charge in [-0.15, -0.1) is 0 Å². The van der Waals surface area contributed by atoms with Crippen molar-refractivity contribution in [2.75, 3.05) is 6.61 Å². The van der Waals surface area contributed by atoms with Gasteiger partial charge in [0.25, 0.3) is 0 Å². The zero-order chi connectivity index (χ0) is 33.9. The molecule has 0 aromatic carbocycles. The van der Waals surface area contributed by atoms with Crippen molar-refractivity contribution in [1.29, 1.82) is 0 Å². The molecule has 0 aromatic rings. The lowest BCUT2D eigenvalue weighted by Crippen LogP contribution is -2.38. The van der Waals surface area contributed by atoms with Crippen LogP contribution in [0.2, 0.25) is 0 Å². The Hall–Kier alpha value is -1.04. The Labute approximate surface area is 285 Å². The highest BCUT2D eigenvalue weighted by Gasteiger charge is 2.28. The van der Waals surface area contributed by atoms with Crippen molar-refractivity contribution in [2.45, 2.75) is 225 Å². The van der Waals surface area contributed by atoms with Gasteiger partial charge in [-0.1, -0.05) is 174 Å². The van der Waals surface area contributed by atoms with Crippen LogP contribution in [0.1, 0.15) is 213 Å². The fourth-order valence-electron chi connectivity index (χ4n) is 6.39. The predicted octanol–water partition coefficient (Wildman–Crippen LogP) is 11.1. The molecule has 5 nitrogen and oxygen atoms in total. The number of ketones is 2. The number of hydrogen-bond donors (Lipinski definition) is 3. The number of carbonyl (C=O) groups is 2. The van der Waals surface area contributed by atoms with E-state index in [4.69, 9.17) is 5.11 Å². The number of unbranched alkanes of at least 4 members (excludes halogenated alkanes) is 25. The maximum Gasteiger partial charge on any atom is 0.164 e. The normalized spacial score (nSPS) is 13.8. The van der Waals surface area contributed by atoms with Crippen LogP contribution in [0.5, 0.6) is 0 Å². The predicted molar refractivity (Wildman–Crippen MR) is 196 cm³/mol. The van der Waals surface area contributed by atoms with Crippen LogP contribution in [0.4, 0.5) is 0 Å². The highest BCUT2D eigenvalue weighted by Crippen LogP contribution is 2.21. The minimum Gasteiger partial charge on any atom is -0.394 e. The molecule has 0 amide bonds. The fourth-order valence-corrected chi connectivity index (χ4v) is 6.39. The van der Waals surface area contributed by atoms with Gasteiger partial charge in [-0.2, -0.15) is 0 Å². The zero-order valence-electron chi connectivity index (χ0n) is 30.7. The Balaban J connectivity index is 4.11. The fraction of sp³-hybridized carbons (Fsp3) is 0.902. The highest BCUT2D eigenvalue weighted by atomic mass is 16.4. The van der Waals surface area contributed by atoms with Gasteiger partial charge in [-0.25, -0.2) is 0 Å². The van der Waals surface area contributed by atoms with Gasteiger partial charge in [0.15, 0.2) is 5.78 Å². The van der Waals surface area contributed by atoms with Crippen LogP contribution in [-0.4, -0.2) is 45.7 Å². The lowest BCUT2D eigenvalue weighted by atomic mass is 9.87. The molecule has 0 heterocycles. The Morgan fingerprint density at radius 1 is 0.500 bits per heavy atom. The van der Waals surface area contributed by atoms with Crippen LogP contribution in [0, 0.1) is 5.92 Å². The number of aliphatic hydroxyl groups excluding tert-OH is 3. The zero-order valence-corrected chi connectivity index (χ0v) is 30.7. The third kappa shape index (κ3) is 29.1. The van der Waals surface area contributed by atoms with Gasteiger partial charge in [0.2, 0.25) is 0 Å². The summed E-state index contributed by atoms with van der Waals surface area (Å²) >= 11 is 0. The van der Waals surface area contributed by atoms with Gasteiger partial charge in [0, 0.05) is 18.8 Å². The van der Waals surface area contributed by atoms with Gasteiger partial charge in [-0.3, -0.25) is 9.59 Å². The van der Waals surface area contributed by atoms with E-state index in [9.17, 15) is 19.8 Å². The molecular weight excluding hydrogens is 572 g/mol. The molecule has 3 N–H and O–H groups in total. The SMILES string of the molecule is CCCCCCCC/C=C\CCCCCC(CC(=O)C(O)C(O)CO)C(=O)CCCCCCCCCCCCCCCCCCC. The number of aliphatic hydroxyl groups is 3. The van der Waals surface area contributed by atoms with E-state index in [0.29, 0.717) is 12.8 Å². The molecule has 3 atom stereocenters. The third-order valence-electron chi connectivity index (χ3n) is 9.63. The first kappa shape index (κ1) is 45.0. The number of hydrogen-bond acceptors (Lipinski definition) is 5. The molecule has 0 radical (unpaired) electrons. The average Bonchev–Trinajstić information content (AvgIpc) is 3.06. The van der Waals surface area contributed by atoms with Gasteiger partial charge in [-0.05, 0) is 38.5 Å². The van der Waals surface area contributed by atoms with E-state index < -0.39 is 30.5 Å². The number of allylic oxidation sites excluding steroid dienone is 2. The summed E-state index contributed by atoms with van der Waals surface area (Å²) in [4.78, 5) is 25.6. The van der Waals surface area contributed by atoms with E-state index in [-0.39, 0.29) is 12.2 Å². The molecule has 0 bridgehead atoms. The van der Waals surface area contributed by atoms with Gasteiger partial charge >= 0.3 is 0 Å². The number of rotatable bonds is 37. The van der Waals surface area contributed by atoms with Crippen LogP contribution < -0.4 is 0 Å². The van der Waals surface area contributed by atoms with Crippen LogP contribution in [0.3, 0.4) is 0 Å². The van der Waals surface area contributed by atoms with E-state index in [1.54, 1.807) is 0 Å². The lowest BCUT2D eigenvalue weighted by molar-refractivity contribution is -0.138.